The SMILES string of the molecule is CC1CCC(CCl)(NCc2cc(Br)ccc2F)CC1. The van der Waals surface area contributed by atoms with E-state index < -0.39 is 0 Å². The maximum atomic E-state index is 13.7. The summed E-state index contributed by atoms with van der Waals surface area (Å²) in [4.78, 5) is 0. The zero-order chi connectivity index (χ0) is 13.9. The summed E-state index contributed by atoms with van der Waals surface area (Å²) >= 11 is 9.54. The molecule has 1 N–H and O–H groups in total. The second kappa shape index (κ2) is 6.55. The van der Waals surface area contributed by atoms with Crippen molar-refractivity contribution in [2.45, 2.75) is 44.7 Å². The Bertz CT molecular complexity index is 430. The van der Waals surface area contributed by atoms with Crippen LogP contribution in [0.3, 0.4) is 0 Å². The molecule has 2 rings (SSSR count). The van der Waals surface area contributed by atoms with E-state index in [-0.39, 0.29) is 11.4 Å². The van der Waals surface area contributed by atoms with Crippen LogP contribution < -0.4 is 5.32 Å². The fraction of sp³-hybridized carbons (Fsp3) is 0.600. The van der Waals surface area contributed by atoms with Crippen molar-refractivity contribution in [3.05, 3.63) is 34.1 Å². The van der Waals surface area contributed by atoms with Crippen molar-refractivity contribution in [2.24, 2.45) is 5.92 Å². The summed E-state index contributed by atoms with van der Waals surface area (Å²) in [6, 6.07) is 5.05. The minimum atomic E-state index is -0.162. The predicted molar refractivity (Wildman–Crippen MR) is 82.0 cm³/mol. The van der Waals surface area contributed by atoms with Crippen molar-refractivity contribution in [2.75, 3.05) is 5.88 Å². The average Bonchev–Trinajstić information content (AvgIpc) is 2.42. The maximum absolute atomic E-state index is 13.7. The fourth-order valence-electron chi connectivity index (χ4n) is 2.63. The average molecular weight is 349 g/mol. The van der Waals surface area contributed by atoms with E-state index >= 15 is 0 Å². The van der Waals surface area contributed by atoms with Gasteiger partial charge in [-0.15, -0.1) is 11.6 Å². The van der Waals surface area contributed by atoms with Crippen molar-refractivity contribution in [3.63, 3.8) is 0 Å². The van der Waals surface area contributed by atoms with Gasteiger partial charge in [0, 0.05) is 28.0 Å². The third kappa shape index (κ3) is 3.93. The van der Waals surface area contributed by atoms with Gasteiger partial charge in [0.15, 0.2) is 0 Å². The van der Waals surface area contributed by atoms with Crippen LogP contribution in [0, 0.1) is 11.7 Å². The van der Waals surface area contributed by atoms with Crippen LogP contribution in [0.1, 0.15) is 38.2 Å². The van der Waals surface area contributed by atoms with E-state index in [2.05, 4.69) is 28.2 Å². The van der Waals surface area contributed by atoms with Crippen molar-refractivity contribution in [1.82, 2.24) is 5.32 Å². The van der Waals surface area contributed by atoms with Gasteiger partial charge in [0.25, 0.3) is 0 Å². The number of halogens is 3. The van der Waals surface area contributed by atoms with Crippen LogP contribution >= 0.6 is 27.5 Å². The summed E-state index contributed by atoms with van der Waals surface area (Å²) in [6.45, 7) is 2.82. The number of alkyl halides is 1. The molecule has 0 aliphatic heterocycles. The van der Waals surface area contributed by atoms with Gasteiger partial charge in [-0.25, -0.2) is 4.39 Å². The van der Waals surface area contributed by atoms with Gasteiger partial charge in [0.1, 0.15) is 5.82 Å². The molecule has 0 saturated heterocycles. The largest absolute Gasteiger partial charge is 0.306 e. The first-order chi connectivity index (χ1) is 9.04. The highest BCUT2D eigenvalue weighted by Gasteiger charge is 2.32. The van der Waals surface area contributed by atoms with E-state index in [4.69, 9.17) is 11.6 Å². The maximum Gasteiger partial charge on any atom is 0.127 e. The van der Waals surface area contributed by atoms with Gasteiger partial charge in [-0.2, -0.15) is 0 Å². The zero-order valence-corrected chi connectivity index (χ0v) is 13.5. The lowest BCUT2D eigenvalue weighted by molar-refractivity contribution is 0.215. The molecule has 0 heterocycles. The van der Waals surface area contributed by atoms with Crippen molar-refractivity contribution in [1.29, 1.82) is 0 Å². The molecule has 19 heavy (non-hydrogen) atoms. The lowest BCUT2D eigenvalue weighted by atomic mass is 9.78. The molecule has 106 valence electrons. The summed E-state index contributed by atoms with van der Waals surface area (Å²) in [7, 11) is 0. The Labute approximate surface area is 128 Å². The molecule has 0 radical (unpaired) electrons. The van der Waals surface area contributed by atoms with Crippen LogP contribution in [-0.4, -0.2) is 11.4 Å². The van der Waals surface area contributed by atoms with Crippen LogP contribution in [-0.2, 0) is 6.54 Å². The molecule has 1 aliphatic carbocycles. The monoisotopic (exact) mass is 347 g/mol. The molecule has 0 unspecified atom stereocenters. The topological polar surface area (TPSA) is 12.0 Å². The lowest BCUT2D eigenvalue weighted by Gasteiger charge is -2.39. The van der Waals surface area contributed by atoms with Crippen molar-refractivity contribution in [3.8, 4) is 0 Å². The highest BCUT2D eigenvalue weighted by Crippen LogP contribution is 2.33. The molecule has 0 atom stereocenters. The van der Waals surface area contributed by atoms with Gasteiger partial charge in [0.05, 0.1) is 0 Å². The Morgan fingerprint density at radius 3 is 2.74 bits per heavy atom. The molecular weight excluding hydrogens is 329 g/mol. The zero-order valence-electron chi connectivity index (χ0n) is 11.2. The van der Waals surface area contributed by atoms with Gasteiger partial charge >= 0.3 is 0 Å². The van der Waals surface area contributed by atoms with Crippen molar-refractivity contribution >= 4 is 27.5 Å². The summed E-state index contributed by atoms with van der Waals surface area (Å²) in [5, 5.41) is 3.50. The van der Waals surface area contributed by atoms with Crippen molar-refractivity contribution < 1.29 is 4.39 Å². The predicted octanol–water partition coefficient (Wildman–Crippen LogP) is 4.87. The third-order valence-electron chi connectivity index (χ3n) is 4.15. The molecule has 1 nitrogen and oxygen atoms in total. The molecule has 0 aromatic heterocycles. The number of benzene rings is 1. The van der Waals surface area contributed by atoms with E-state index in [0.29, 0.717) is 18.0 Å². The van der Waals surface area contributed by atoms with E-state index in [0.717, 1.165) is 23.2 Å². The van der Waals surface area contributed by atoms with Gasteiger partial charge < -0.3 is 5.32 Å². The highest BCUT2D eigenvalue weighted by molar-refractivity contribution is 9.10. The molecule has 0 amide bonds. The van der Waals surface area contributed by atoms with Crippen LogP contribution in [0.15, 0.2) is 22.7 Å². The molecule has 0 bridgehead atoms. The molecule has 4 heteroatoms. The summed E-state index contributed by atoms with van der Waals surface area (Å²) in [5.41, 5.74) is 0.667. The van der Waals surface area contributed by atoms with Crippen LogP contribution in [0.5, 0.6) is 0 Å². The molecule has 0 spiro atoms. The quantitative estimate of drug-likeness (QED) is 0.766. The first-order valence-corrected chi connectivity index (χ1v) is 8.12. The number of hydrogen-bond acceptors (Lipinski definition) is 1. The second-order valence-electron chi connectivity index (χ2n) is 5.69. The molecule has 1 aromatic rings. The van der Waals surface area contributed by atoms with Crippen LogP contribution in [0.2, 0.25) is 0 Å². The van der Waals surface area contributed by atoms with E-state index in [9.17, 15) is 4.39 Å². The first-order valence-electron chi connectivity index (χ1n) is 6.79. The van der Waals surface area contributed by atoms with Crippen LogP contribution in [0.25, 0.3) is 0 Å². The van der Waals surface area contributed by atoms with E-state index in [1.807, 2.05) is 6.07 Å². The third-order valence-corrected chi connectivity index (χ3v) is 5.15. The highest BCUT2D eigenvalue weighted by atomic mass is 79.9. The molecule has 1 saturated carbocycles. The minimum Gasteiger partial charge on any atom is -0.306 e. The lowest BCUT2D eigenvalue weighted by Crippen LogP contribution is -2.49. The molecular formula is C15H20BrClFN. The minimum absolute atomic E-state index is 0.0250. The molecule has 1 aromatic carbocycles. The Kier molecular flexibility index (Phi) is 5.27. The summed E-state index contributed by atoms with van der Waals surface area (Å²) < 4.78 is 14.6. The first kappa shape index (κ1) is 15.3. The number of rotatable bonds is 4. The fourth-order valence-corrected chi connectivity index (χ4v) is 3.40. The van der Waals surface area contributed by atoms with Gasteiger partial charge in [-0.3, -0.25) is 0 Å². The van der Waals surface area contributed by atoms with Crippen LogP contribution in [0.4, 0.5) is 4.39 Å². The van der Waals surface area contributed by atoms with Gasteiger partial charge in [0.2, 0.25) is 0 Å². The molecule has 1 fully saturated rings. The van der Waals surface area contributed by atoms with Gasteiger partial charge in [-0.1, -0.05) is 22.9 Å². The second-order valence-corrected chi connectivity index (χ2v) is 6.87. The number of nitrogens with one attached hydrogen (secondary N) is 1. The number of hydrogen-bond donors (Lipinski definition) is 1. The Morgan fingerprint density at radius 1 is 1.42 bits per heavy atom. The summed E-state index contributed by atoms with van der Waals surface area (Å²) in [6.07, 6.45) is 4.54. The van der Waals surface area contributed by atoms with E-state index in [1.54, 1.807) is 6.07 Å². The normalized spacial score (nSPS) is 27.5. The Morgan fingerprint density at radius 2 is 2.11 bits per heavy atom. The van der Waals surface area contributed by atoms with Gasteiger partial charge in [-0.05, 0) is 49.8 Å². The molecule has 1 aliphatic rings. The smallest absolute Gasteiger partial charge is 0.127 e. The Balaban J connectivity index is 2.01. The van der Waals surface area contributed by atoms with E-state index in [1.165, 1.54) is 18.9 Å². The summed E-state index contributed by atoms with van der Waals surface area (Å²) in [5.74, 6) is 1.21. The Hall–Kier alpha value is -0.120. The standard InChI is InChI=1S/C15H20BrClFN/c1-11-4-6-15(10-17,7-5-11)19-9-12-8-13(16)2-3-14(12)18/h2-3,8,11,19H,4-7,9-10H2,1H3.